The number of nitrogens with zero attached hydrogens (tertiary/aromatic N) is 1. The first-order chi connectivity index (χ1) is 19.9. The van der Waals surface area contributed by atoms with Crippen LogP contribution in [0.2, 0.25) is 0 Å². The highest BCUT2D eigenvalue weighted by molar-refractivity contribution is 6.37. The van der Waals surface area contributed by atoms with Gasteiger partial charge >= 0.3 is 11.9 Å². The topological polar surface area (TPSA) is 123 Å². The molecular formula is C33H38N4O5. The number of nitrogens with two attached hydrogens (primary N) is 1. The monoisotopic (exact) mass is 570 g/mol. The van der Waals surface area contributed by atoms with Gasteiger partial charge in [-0.3, -0.25) is 14.5 Å². The van der Waals surface area contributed by atoms with Crippen molar-refractivity contribution in [2.24, 2.45) is 5.73 Å². The van der Waals surface area contributed by atoms with Crippen LogP contribution in [0, 0.1) is 0 Å². The van der Waals surface area contributed by atoms with Gasteiger partial charge in [0.05, 0.1) is 29.1 Å². The van der Waals surface area contributed by atoms with E-state index < -0.39 is 23.6 Å². The number of ether oxygens (including phenoxy) is 2. The van der Waals surface area contributed by atoms with Crippen molar-refractivity contribution in [3.63, 3.8) is 0 Å². The van der Waals surface area contributed by atoms with Crippen LogP contribution in [-0.4, -0.2) is 54.6 Å². The number of hydrogen-bond acceptors (Lipinski definition) is 8. The number of hydrogen-bond donors (Lipinski definition) is 3. The van der Waals surface area contributed by atoms with E-state index in [0.717, 1.165) is 16.8 Å². The van der Waals surface area contributed by atoms with Crippen molar-refractivity contribution in [3.8, 4) is 0 Å². The van der Waals surface area contributed by atoms with Crippen LogP contribution in [0.5, 0.6) is 0 Å². The van der Waals surface area contributed by atoms with Crippen molar-refractivity contribution in [3.05, 3.63) is 95.1 Å². The molecular weight excluding hydrogens is 532 g/mol. The Morgan fingerprint density at radius 2 is 1.69 bits per heavy atom. The molecule has 9 nitrogen and oxygen atoms in total. The Hall–Kier alpha value is -4.47. The minimum Gasteiger partial charge on any atom is -0.462 e. The molecule has 220 valence electrons. The van der Waals surface area contributed by atoms with E-state index in [9.17, 15) is 14.4 Å². The van der Waals surface area contributed by atoms with Crippen molar-refractivity contribution in [1.29, 1.82) is 0 Å². The van der Waals surface area contributed by atoms with Crippen LogP contribution in [0.25, 0.3) is 11.3 Å². The molecule has 3 aromatic rings. The molecule has 1 amide bonds. The maximum Gasteiger partial charge on any atom is 0.338 e. The Bertz CT molecular complexity index is 1480. The first-order valence-corrected chi connectivity index (χ1v) is 13.9. The fourth-order valence-electron chi connectivity index (χ4n) is 4.65. The Kier molecular flexibility index (Phi) is 9.45. The van der Waals surface area contributed by atoms with Gasteiger partial charge in [-0.05, 0) is 70.1 Å². The summed E-state index contributed by atoms with van der Waals surface area (Å²) in [7, 11) is 1.90. The third-order valence-electron chi connectivity index (χ3n) is 6.48. The number of esters is 2. The molecule has 0 bridgehead atoms. The van der Waals surface area contributed by atoms with E-state index in [0.29, 0.717) is 41.2 Å². The fourth-order valence-corrected chi connectivity index (χ4v) is 4.65. The summed E-state index contributed by atoms with van der Waals surface area (Å²) in [6.45, 7) is 8.40. The molecule has 1 aliphatic heterocycles. The quantitative estimate of drug-likeness (QED) is 0.232. The van der Waals surface area contributed by atoms with Gasteiger partial charge in [-0.2, -0.15) is 0 Å². The van der Waals surface area contributed by atoms with Gasteiger partial charge in [0.25, 0.3) is 5.91 Å². The Morgan fingerprint density at radius 3 is 2.33 bits per heavy atom. The molecule has 1 heterocycles. The van der Waals surface area contributed by atoms with Crippen LogP contribution in [-0.2, 0) is 25.6 Å². The van der Waals surface area contributed by atoms with Crippen molar-refractivity contribution in [2.75, 3.05) is 30.8 Å². The van der Waals surface area contributed by atoms with E-state index in [1.54, 1.807) is 25.1 Å². The van der Waals surface area contributed by atoms with Crippen molar-refractivity contribution >= 4 is 40.5 Å². The minimum absolute atomic E-state index is 0.267. The van der Waals surface area contributed by atoms with Crippen molar-refractivity contribution in [1.82, 2.24) is 4.90 Å². The summed E-state index contributed by atoms with van der Waals surface area (Å²) >= 11 is 0. The number of likely N-dealkylation sites (N-methyl/N-ethyl adjacent to an activating group) is 1. The number of amides is 1. The molecule has 4 N–H and O–H groups in total. The van der Waals surface area contributed by atoms with Crippen molar-refractivity contribution < 1.29 is 23.9 Å². The lowest BCUT2D eigenvalue weighted by Gasteiger charge is -2.25. The zero-order valence-corrected chi connectivity index (χ0v) is 24.7. The number of carbonyl (C=O) groups is 3. The molecule has 1 atom stereocenters. The zero-order chi connectivity index (χ0) is 30.4. The highest BCUT2D eigenvalue weighted by Gasteiger charge is 2.29. The van der Waals surface area contributed by atoms with E-state index >= 15 is 0 Å². The average molecular weight is 571 g/mol. The summed E-state index contributed by atoms with van der Waals surface area (Å²) in [4.78, 5) is 39.7. The molecule has 0 spiro atoms. The zero-order valence-electron chi connectivity index (χ0n) is 24.7. The molecule has 3 aromatic carbocycles. The lowest BCUT2D eigenvalue weighted by molar-refractivity contribution is -0.156. The molecule has 1 unspecified atom stereocenters. The van der Waals surface area contributed by atoms with Crippen LogP contribution in [0.15, 0.2) is 72.8 Å². The number of carbonyl (C=O) groups excluding carboxylic acids is 3. The maximum absolute atomic E-state index is 13.3. The molecule has 4 rings (SSSR count). The second-order valence-electron chi connectivity index (χ2n) is 11.2. The molecule has 0 saturated heterocycles. The maximum atomic E-state index is 13.3. The number of benzene rings is 3. The predicted molar refractivity (Wildman–Crippen MR) is 165 cm³/mol. The Labute approximate surface area is 246 Å². The first kappa shape index (κ1) is 30.5. The van der Waals surface area contributed by atoms with Crippen LogP contribution >= 0.6 is 0 Å². The summed E-state index contributed by atoms with van der Waals surface area (Å²) in [6, 6.07) is 21.8. The summed E-state index contributed by atoms with van der Waals surface area (Å²) in [5, 5.41) is 6.34. The van der Waals surface area contributed by atoms with Gasteiger partial charge in [-0.1, -0.05) is 48.5 Å². The number of fused-ring (bicyclic) bond motifs is 1. The summed E-state index contributed by atoms with van der Waals surface area (Å²) in [5.41, 5.74) is 10.9. The van der Waals surface area contributed by atoms with E-state index in [1.807, 2.05) is 87.3 Å². The highest BCUT2D eigenvalue weighted by Crippen LogP contribution is 2.38. The van der Waals surface area contributed by atoms with Crippen LogP contribution in [0.4, 0.5) is 11.4 Å². The molecule has 0 saturated carbocycles. The van der Waals surface area contributed by atoms with E-state index in [-0.39, 0.29) is 12.5 Å². The first-order valence-electron chi connectivity index (χ1n) is 13.9. The summed E-state index contributed by atoms with van der Waals surface area (Å²) < 4.78 is 10.5. The molecule has 0 aromatic heterocycles. The Morgan fingerprint density at radius 1 is 1.00 bits per heavy atom. The van der Waals surface area contributed by atoms with Gasteiger partial charge in [-0.25, -0.2) is 4.79 Å². The molecule has 1 aliphatic rings. The summed E-state index contributed by atoms with van der Waals surface area (Å²) in [6.07, 6.45) is 0. The second-order valence-corrected chi connectivity index (χ2v) is 11.2. The van der Waals surface area contributed by atoms with Crippen LogP contribution < -0.4 is 16.4 Å². The van der Waals surface area contributed by atoms with Gasteiger partial charge < -0.3 is 25.8 Å². The number of rotatable bonds is 10. The van der Waals surface area contributed by atoms with E-state index in [4.69, 9.17) is 15.2 Å². The highest BCUT2D eigenvalue weighted by atomic mass is 16.6. The summed E-state index contributed by atoms with van der Waals surface area (Å²) in [5.74, 6) is -1.13. The number of nitrogens with one attached hydrogen (secondary N) is 2. The largest absolute Gasteiger partial charge is 0.462 e. The van der Waals surface area contributed by atoms with E-state index in [2.05, 4.69) is 10.6 Å². The second kappa shape index (κ2) is 13.0. The minimum atomic E-state index is -0.746. The Balaban J connectivity index is 1.55. The molecule has 0 radical (unpaired) electrons. The lowest BCUT2D eigenvalue weighted by atomic mass is 9.99. The third-order valence-corrected chi connectivity index (χ3v) is 6.48. The van der Waals surface area contributed by atoms with Crippen molar-refractivity contribution in [2.45, 2.75) is 45.9 Å². The smallest absolute Gasteiger partial charge is 0.338 e. The lowest BCUT2D eigenvalue weighted by Crippen LogP contribution is -2.44. The van der Waals surface area contributed by atoms with Gasteiger partial charge in [0.1, 0.15) is 11.6 Å². The third kappa shape index (κ3) is 7.63. The molecule has 42 heavy (non-hydrogen) atoms. The van der Waals surface area contributed by atoms with Crippen LogP contribution in [0.1, 0.15) is 54.7 Å². The SMILES string of the molecule is CCOC(=O)c1ccc2c(c1)NC(=O)C2=C(Nc1ccc(CN(C)CC(N)C(=O)OC(C)(C)C)cc1)c1ccccc1. The normalized spacial score (nSPS) is 14.6. The standard InChI is InChI=1S/C33H38N4O5/c1-6-41-31(39)23-14-17-25-27(18-23)36-30(38)28(25)29(22-10-8-7-9-11-22)35-24-15-12-21(13-16-24)19-37(5)20-26(34)32(40)42-33(2,3)4/h7-18,26,35H,6,19-20,34H2,1-5H3,(H,36,38). The van der Waals surface area contributed by atoms with Gasteiger partial charge in [0, 0.05) is 24.3 Å². The predicted octanol–water partition coefficient (Wildman–Crippen LogP) is 4.90. The van der Waals surface area contributed by atoms with Gasteiger partial charge in [-0.15, -0.1) is 0 Å². The van der Waals surface area contributed by atoms with Gasteiger partial charge in [0.15, 0.2) is 0 Å². The molecule has 9 heteroatoms. The van der Waals surface area contributed by atoms with Crippen LogP contribution in [0.3, 0.4) is 0 Å². The average Bonchev–Trinajstić information content (AvgIpc) is 3.26. The number of anilines is 2. The van der Waals surface area contributed by atoms with Gasteiger partial charge in [0.2, 0.25) is 0 Å². The fraction of sp³-hybridized carbons (Fsp3) is 0.303. The van der Waals surface area contributed by atoms with E-state index in [1.165, 1.54) is 0 Å². The molecule has 0 aliphatic carbocycles. The molecule has 0 fully saturated rings.